The van der Waals surface area contributed by atoms with Gasteiger partial charge in [0.1, 0.15) is 5.82 Å². The molecule has 0 radical (unpaired) electrons. The molecule has 0 saturated carbocycles. The number of halogens is 3. The second kappa shape index (κ2) is 7.52. The summed E-state index contributed by atoms with van der Waals surface area (Å²) < 4.78 is 39.3. The van der Waals surface area contributed by atoms with Gasteiger partial charge in [-0.1, -0.05) is 0 Å². The standard InChI is InChI=1S/C15H23F3N6/c16-15(17,18)12-11-13(20-5-10-23-8-3-19-4-9-23)22-14(21-12)24-6-1-2-7-24/h11,19H,1-10H2,(H,20,21,22). The van der Waals surface area contributed by atoms with Gasteiger partial charge in [0, 0.05) is 58.4 Å². The van der Waals surface area contributed by atoms with E-state index in [-0.39, 0.29) is 11.8 Å². The van der Waals surface area contributed by atoms with Crippen molar-refractivity contribution in [2.75, 3.05) is 62.6 Å². The van der Waals surface area contributed by atoms with Crippen molar-refractivity contribution in [1.82, 2.24) is 20.2 Å². The predicted molar refractivity (Wildman–Crippen MR) is 86.3 cm³/mol. The van der Waals surface area contributed by atoms with Crippen molar-refractivity contribution in [1.29, 1.82) is 0 Å². The van der Waals surface area contributed by atoms with Gasteiger partial charge in [0.15, 0.2) is 5.69 Å². The highest BCUT2D eigenvalue weighted by atomic mass is 19.4. The minimum absolute atomic E-state index is 0.173. The van der Waals surface area contributed by atoms with Gasteiger partial charge in [-0.05, 0) is 12.8 Å². The number of piperazine rings is 1. The fourth-order valence-corrected chi connectivity index (χ4v) is 3.01. The van der Waals surface area contributed by atoms with E-state index in [2.05, 4.69) is 25.5 Å². The van der Waals surface area contributed by atoms with Gasteiger partial charge in [-0.25, -0.2) is 4.98 Å². The minimum atomic E-state index is -4.47. The van der Waals surface area contributed by atoms with Crippen molar-refractivity contribution in [3.63, 3.8) is 0 Å². The van der Waals surface area contributed by atoms with Crippen LogP contribution in [0.1, 0.15) is 18.5 Å². The average molecular weight is 344 g/mol. The number of hydrogen-bond acceptors (Lipinski definition) is 6. The third-order valence-corrected chi connectivity index (χ3v) is 4.34. The highest BCUT2D eigenvalue weighted by Crippen LogP contribution is 2.30. The molecule has 24 heavy (non-hydrogen) atoms. The lowest BCUT2D eigenvalue weighted by atomic mass is 10.3. The summed E-state index contributed by atoms with van der Waals surface area (Å²) in [5.74, 6) is 0.418. The molecule has 9 heteroatoms. The molecule has 6 nitrogen and oxygen atoms in total. The first-order valence-electron chi connectivity index (χ1n) is 8.40. The maximum Gasteiger partial charge on any atom is 0.433 e. The SMILES string of the molecule is FC(F)(F)c1cc(NCCN2CCNCC2)nc(N2CCCC2)n1. The van der Waals surface area contributed by atoms with E-state index in [0.717, 1.165) is 51.6 Å². The molecule has 3 rings (SSSR count). The Balaban J connectivity index is 1.67. The van der Waals surface area contributed by atoms with Gasteiger partial charge in [-0.15, -0.1) is 0 Å². The molecule has 0 aromatic carbocycles. The molecule has 1 aromatic heterocycles. The zero-order valence-corrected chi connectivity index (χ0v) is 13.6. The zero-order valence-electron chi connectivity index (χ0n) is 13.6. The van der Waals surface area contributed by atoms with Crippen LogP contribution in [0.25, 0.3) is 0 Å². The second-order valence-corrected chi connectivity index (χ2v) is 6.15. The quantitative estimate of drug-likeness (QED) is 0.842. The molecule has 2 aliphatic rings. The van der Waals surface area contributed by atoms with Gasteiger partial charge >= 0.3 is 6.18 Å². The summed E-state index contributed by atoms with van der Waals surface area (Å²) >= 11 is 0. The summed E-state index contributed by atoms with van der Waals surface area (Å²) in [5.41, 5.74) is -0.885. The Morgan fingerprint density at radius 3 is 2.46 bits per heavy atom. The van der Waals surface area contributed by atoms with Gasteiger partial charge in [0.25, 0.3) is 0 Å². The van der Waals surface area contributed by atoms with Crippen LogP contribution in [-0.2, 0) is 6.18 Å². The Bertz CT molecular complexity index is 539. The predicted octanol–water partition coefficient (Wildman–Crippen LogP) is 1.41. The topological polar surface area (TPSA) is 56.3 Å². The Morgan fingerprint density at radius 2 is 1.79 bits per heavy atom. The van der Waals surface area contributed by atoms with E-state index in [4.69, 9.17) is 0 Å². The molecule has 0 amide bonds. The highest BCUT2D eigenvalue weighted by molar-refractivity contribution is 5.45. The van der Waals surface area contributed by atoms with Gasteiger partial charge in [0.2, 0.25) is 5.95 Å². The number of rotatable bonds is 5. The average Bonchev–Trinajstić information content (AvgIpc) is 3.09. The number of aromatic nitrogens is 2. The van der Waals surface area contributed by atoms with E-state index in [0.29, 0.717) is 19.6 Å². The molecule has 2 aliphatic heterocycles. The van der Waals surface area contributed by atoms with Gasteiger partial charge in [-0.3, -0.25) is 4.90 Å². The van der Waals surface area contributed by atoms with Crippen LogP contribution in [0.2, 0.25) is 0 Å². The van der Waals surface area contributed by atoms with E-state index in [1.54, 1.807) is 0 Å². The summed E-state index contributed by atoms with van der Waals surface area (Å²) in [5, 5.41) is 6.30. The van der Waals surface area contributed by atoms with Crippen molar-refractivity contribution in [2.45, 2.75) is 19.0 Å². The first kappa shape index (κ1) is 17.2. The van der Waals surface area contributed by atoms with Crippen LogP contribution in [0.15, 0.2) is 6.07 Å². The Hall–Kier alpha value is -1.61. The summed E-state index contributed by atoms with van der Waals surface area (Å²) in [6, 6.07) is 0.997. The lowest BCUT2D eigenvalue weighted by Gasteiger charge is -2.27. The highest BCUT2D eigenvalue weighted by Gasteiger charge is 2.34. The van der Waals surface area contributed by atoms with Crippen LogP contribution in [0, 0.1) is 0 Å². The molecular formula is C15H23F3N6. The molecule has 0 bridgehead atoms. The molecular weight excluding hydrogens is 321 g/mol. The first-order valence-corrected chi connectivity index (χ1v) is 8.40. The van der Waals surface area contributed by atoms with Crippen LogP contribution < -0.4 is 15.5 Å². The van der Waals surface area contributed by atoms with E-state index in [9.17, 15) is 13.2 Å². The minimum Gasteiger partial charge on any atom is -0.369 e. The third kappa shape index (κ3) is 4.47. The van der Waals surface area contributed by atoms with Crippen molar-refractivity contribution < 1.29 is 13.2 Å². The molecule has 0 aliphatic carbocycles. The maximum atomic E-state index is 13.1. The van der Waals surface area contributed by atoms with E-state index < -0.39 is 11.9 Å². The van der Waals surface area contributed by atoms with Crippen LogP contribution in [-0.4, -0.2) is 67.2 Å². The molecule has 0 spiro atoms. The van der Waals surface area contributed by atoms with Gasteiger partial charge in [0.05, 0.1) is 0 Å². The molecule has 2 N–H and O–H groups in total. The first-order chi connectivity index (χ1) is 11.5. The van der Waals surface area contributed by atoms with Gasteiger partial charge in [-0.2, -0.15) is 18.2 Å². The van der Waals surface area contributed by atoms with Crippen LogP contribution in [0.3, 0.4) is 0 Å². The third-order valence-electron chi connectivity index (χ3n) is 4.34. The molecule has 0 atom stereocenters. The number of nitrogens with one attached hydrogen (secondary N) is 2. The maximum absolute atomic E-state index is 13.1. The zero-order chi connectivity index (χ0) is 17.0. The molecule has 134 valence electrons. The van der Waals surface area contributed by atoms with Gasteiger partial charge < -0.3 is 15.5 Å². The molecule has 2 fully saturated rings. The van der Waals surface area contributed by atoms with Crippen molar-refractivity contribution >= 4 is 11.8 Å². The van der Waals surface area contributed by atoms with Crippen LogP contribution in [0.4, 0.5) is 24.9 Å². The lowest BCUT2D eigenvalue weighted by Crippen LogP contribution is -2.45. The van der Waals surface area contributed by atoms with Crippen molar-refractivity contribution in [3.8, 4) is 0 Å². The number of hydrogen-bond donors (Lipinski definition) is 2. The Kier molecular flexibility index (Phi) is 5.40. The fraction of sp³-hybridized carbons (Fsp3) is 0.733. The summed E-state index contributed by atoms with van der Waals surface area (Å²) in [6.45, 7) is 6.58. The fourth-order valence-electron chi connectivity index (χ4n) is 3.01. The molecule has 2 saturated heterocycles. The molecule has 1 aromatic rings. The lowest BCUT2D eigenvalue weighted by molar-refractivity contribution is -0.141. The summed E-state index contributed by atoms with van der Waals surface area (Å²) in [6.07, 6.45) is -2.54. The smallest absolute Gasteiger partial charge is 0.369 e. The summed E-state index contributed by atoms with van der Waals surface area (Å²) in [7, 11) is 0. The van der Waals surface area contributed by atoms with E-state index in [1.807, 2.05) is 4.90 Å². The van der Waals surface area contributed by atoms with Crippen LogP contribution >= 0.6 is 0 Å². The van der Waals surface area contributed by atoms with E-state index >= 15 is 0 Å². The normalized spacial score (nSPS) is 19.7. The Morgan fingerprint density at radius 1 is 1.08 bits per heavy atom. The largest absolute Gasteiger partial charge is 0.433 e. The number of anilines is 2. The number of alkyl halides is 3. The number of nitrogens with zero attached hydrogens (tertiary/aromatic N) is 4. The Labute approximate surface area is 139 Å². The summed E-state index contributed by atoms with van der Waals surface area (Å²) in [4.78, 5) is 12.1. The monoisotopic (exact) mass is 344 g/mol. The molecule has 0 unspecified atom stereocenters. The molecule has 3 heterocycles. The van der Waals surface area contributed by atoms with E-state index in [1.165, 1.54) is 0 Å². The van der Waals surface area contributed by atoms with Crippen molar-refractivity contribution in [2.24, 2.45) is 0 Å². The van der Waals surface area contributed by atoms with Crippen LogP contribution in [0.5, 0.6) is 0 Å². The second-order valence-electron chi connectivity index (χ2n) is 6.15. The van der Waals surface area contributed by atoms with Crippen molar-refractivity contribution in [3.05, 3.63) is 11.8 Å².